The lowest BCUT2D eigenvalue weighted by molar-refractivity contribution is 0.674. The van der Waals surface area contributed by atoms with Gasteiger partial charge in [-0.05, 0) is 37.6 Å². The Morgan fingerprint density at radius 1 is 1.38 bits per heavy atom. The van der Waals surface area contributed by atoms with Crippen LogP contribution in [0.15, 0.2) is 24.5 Å². The number of fused-ring (bicyclic) bond motifs is 1. The van der Waals surface area contributed by atoms with Crippen molar-refractivity contribution in [3.63, 3.8) is 0 Å². The minimum atomic E-state index is 0.934. The first-order chi connectivity index (χ1) is 7.86. The molecule has 2 aromatic heterocycles. The Morgan fingerprint density at radius 2 is 2.25 bits per heavy atom. The van der Waals surface area contributed by atoms with Gasteiger partial charge in [0.1, 0.15) is 5.65 Å². The summed E-state index contributed by atoms with van der Waals surface area (Å²) < 4.78 is 2.21. The van der Waals surface area contributed by atoms with E-state index in [0.29, 0.717) is 0 Å². The number of aromatic nitrogens is 2. The molecule has 0 amide bonds. The third kappa shape index (κ3) is 2.09. The lowest BCUT2D eigenvalue weighted by Gasteiger charge is -2.00. The Bertz CT molecular complexity index is 459. The molecule has 0 bridgehead atoms. The molecule has 0 radical (unpaired) electrons. The molecular formula is C13H19N3. The van der Waals surface area contributed by atoms with E-state index in [0.717, 1.165) is 25.3 Å². The summed E-state index contributed by atoms with van der Waals surface area (Å²) >= 11 is 0. The van der Waals surface area contributed by atoms with Crippen molar-refractivity contribution in [1.82, 2.24) is 14.9 Å². The summed E-state index contributed by atoms with van der Waals surface area (Å²) in [5.41, 5.74) is 2.44. The van der Waals surface area contributed by atoms with Crippen LogP contribution in [-0.4, -0.2) is 16.1 Å². The van der Waals surface area contributed by atoms with E-state index >= 15 is 0 Å². The predicted octanol–water partition coefficient (Wildman–Crippen LogP) is 2.56. The number of nitrogens with zero attached hydrogens (tertiary/aromatic N) is 2. The molecule has 2 rings (SSSR count). The second-order valence-electron chi connectivity index (χ2n) is 3.99. The lowest BCUT2D eigenvalue weighted by Crippen LogP contribution is -2.13. The molecule has 0 unspecified atom stereocenters. The lowest BCUT2D eigenvalue weighted by atomic mass is 10.2. The van der Waals surface area contributed by atoms with E-state index in [4.69, 9.17) is 0 Å². The number of nitrogens with one attached hydrogen (secondary N) is 1. The Balaban J connectivity index is 2.30. The molecule has 86 valence electrons. The molecule has 0 aliphatic rings. The maximum Gasteiger partial charge on any atom is 0.140 e. The fourth-order valence-corrected chi connectivity index (χ4v) is 1.98. The van der Waals surface area contributed by atoms with Gasteiger partial charge >= 0.3 is 0 Å². The Hall–Kier alpha value is -1.35. The molecule has 2 aromatic rings. The second-order valence-corrected chi connectivity index (χ2v) is 3.99. The van der Waals surface area contributed by atoms with Crippen LogP contribution < -0.4 is 5.32 Å². The average molecular weight is 217 g/mol. The normalized spacial score (nSPS) is 11.1. The van der Waals surface area contributed by atoms with Crippen LogP contribution in [0.2, 0.25) is 0 Å². The van der Waals surface area contributed by atoms with E-state index in [1.54, 1.807) is 0 Å². The van der Waals surface area contributed by atoms with Gasteiger partial charge in [0.25, 0.3) is 0 Å². The van der Waals surface area contributed by atoms with Gasteiger partial charge in [0.2, 0.25) is 0 Å². The highest BCUT2D eigenvalue weighted by atomic mass is 15.0. The van der Waals surface area contributed by atoms with Crippen LogP contribution in [0.1, 0.15) is 25.8 Å². The minimum Gasteiger partial charge on any atom is -0.332 e. The number of pyridine rings is 1. The Labute approximate surface area is 96.5 Å². The van der Waals surface area contributed by atoms with Crippen molar-refractivity contribution in [1.29, 1.82) is 0 Å². The topological polar surface area (TPSA) is 29.9 Å². The summed E-state index contributed by atoms with van der Waals surface area (Å²) in [5, 5.41) is 4.71. The minimum absolute atomic E-state index is 0.934. The quantitative estimate of drug-likeness (QED) is 0.780. The van der Waals surface area contributed by atoms with Gasteiger partial charge in [-0.1, -0.05) is 6.92 Å². The molecule has 3 nitrogen and oxygen atoms in total. The molecule has 0 atom stereocenters. The molecule has 0 aliphatic heterocycles. The van der Waals surface area contributed by atoms with Crippen LogP contribution in [0.3, 0.4) is 0 Å². The number of aryl methyl sites for hydroxylation is 1. The van der Waals surface area contributed by atoms with Crippen molar-refractivity contribution in [3.8, 4) is 0 Å². The summed E-state index contributed by atoms with van der Waals surface area (Å²) in [4.78, 5) is 4.44. The summed E-state index contributed by atoms with van der Waals surface area (Å²) in [6.45, 7) is 7.31. The molecule has 0 fully saturated rings. The van der Waals surface area contributed by atoms with Gasteiger partial charge in [-0.2, -0.15) is 0 Å². The van der Waals surface area contributed by atoms with Gasteiger partial charge in [0, 0.05) is 30.9 Å². The number of hydrogen-bond acceptors (Lipinski definition) is 2. The van der Waals surface area contributed by atoms with Crippen molar-refractivity contribution < 1.29 is 0 Å². The fraction of sp³-hybridized carbons (Fsp3) is 0.462. The van der Waals surface area contributed by atoms with E-state index in [2.05, 4.69) is 41.0 Å². The summed E-state index contributed by atoms with van der Waals surface area (Å²) in [6.07, 6.45) is 5.24. The molecule has 3 heteroatoms. The summed E-state index contributed by atoms with van der Waals surface area (Å²) in [5.74, 6) is 0. The molecule has 0 spiro atoms. The van der Waals surface area contributed by atoms with Crippen LogP contribution >= 0.6 is 0 Å². The molecule has 0 saturated heterocycles. The first-order valence-electron chi connectivity index (χ1n) is 6.00. The van der Waals surface area contributed by atoms with E-state index in [1.165, 1.54) is 17.4 Å². The molecule has 16 heavy (non-hydrogen) atoms. The van der Waals surface area contributed by atoms with Gasteiger partial charge in [0.15, 0.2) is 0 Å². The molecule has 2 heterocycles. The van der Waals surface area contributed by atoms with Crippen LogP contribution in [-0.2, 0) is 13.1 Å². The first-order valence-corrected chi connectivity index (χ1v) is 6.00. The number of rotatable bonds is 5. The summed E-state index contributed by atoms with van der Waals surface area (Å²) in [7, 11) is 0. The SMILES string of the molecule is CCCNCc1cn(CC)c2ncccc12. The van der Waals surface area contributed by atoms with Crippen LogP contribution in [0.4, 0.5) is 0 Å². The highest BCUT2D eigenvalue weighted by Crippen LogP contribution is 2.18. The first kappa shape index (κ1) is 11.1. The van der Waals surface area contributed by atoms with E-state index < -0.39 is 0 Å². The van der Waals surface area contributed by atoms with E-state index in [-0.39, 0.29) is 0 Å². The molecule has 0 aliphatic carbocycles. The van der Waals surface area contributed by atoms with E-state index in [9.17, 15) is 0 Å². The maximum absolute atomic E-state index is 4.44. The molecule has 0 aromatic carbocycles. The highest BCUT2D eigenvalue weighted by molar-refractivity contribution is 5.80. The van der Waals surface area contributed by atoms with Gasteiger partial charge < -0.3 is 9.88 Å². The van der Waals surface area contributed by atoms with Crippen LogP contribution in [0, 0.1) is 0 Å². The highest BCUT2D eigenvalue weighted by Gasteiger charge is 2.07. The number of hydrogen-bond donors (Lipinski definition) is 1. The van der Waals surface area contributed by atoms with Crippen molar-refractivity contribution in [2.45, 2.75) is 33.4 Å². The Morgan fingerprint density at radius 3 is 3.00 bits per heavy atom. The standard InChI is InChI=1S/C13H19N3/c1-3-7-14-9-11-10-16(4-2)13-12(11)6-5-8-15-13/h5-6,8,10,14H,3-4,7,9H2,1-2H3. The third-order valence-corrected chi connectivity index (χ3v) is 2.80. The van der Waals surface area contributed by atoms with Gasteiger partial charge in [-0.15, -0.1) is 0 Å². The Kier molecular flexibility index (Phi) is 3.57. The van der Waals surface area contributed by atoms with Gasteiger partial charge in [-0.3, -0.25) is 0 Å². The van der Waals surface area contributed by atoms with Gasteiger partial charge in [-0.25, -0.2) is 4.98 Å². The zero-order chi connectivity index (χ0) is 11.4. The molecular weight excluding hydrogens is 198 g/mol. The zero-order valence-corrected chi connectivity index (χ0v) is 10.0. The van der Waals surface area contributed by atoms with Crippen LogP contribution in [0.25, 0.3) is 11.0 Å². The average Bonchev–Trinajstić information content (AvgIpc) is 2.68. The smallest absolute Gasteiger partial charge is 0.140 e. The predicted molar refractivity (Wildman–Crippen MR) is 67.4 cm³/mol. The largest absolute Gasteiger partial charge is 0.332 e. The zero-order valence-electron chi connectivity index (χ0n) is 10.0. The van der Waals surface area contributed by atoms with Crippen molar-refractivity contribution in [2.24, 2.45) is 0 Å². The van der Waals surface area contributed by atoms with Gasteiger partial charge in [0.05, 0.1) is 0 Å². The van der Waals surface area contributed by atoms with Crippen molar-refractivity contribution >= 4 is 11.0 Å². The maximum atomic E-state index is 4.44. The van der Waals surface area contributed by atoms with E-state index in [1.807, 2.05) is 12.3 Å². The second kappa shape index (κ2) is 5.12. The fourth-order valence-electron chi connectivity index (χ4n) is 1.98. The molecule has 0 saturated carbocycles. The van der Waals surface area contributed by atoms with Crippen molar-refractivity contribution in [2.75, 3.05) is 6.54 Å². The van der Waals surface area contributed by atoms with Crippen LogP contribution in [0.5, 0.6) is 0 Å². The third-order valence-electron chi connectivity index (χ3n) is 2.80. The molecule has 1 N–H and O–H groups in total. The van der Waals surface area contributed by atoms with Crippen molar-refractivity contribution in [3.05, 3.63) is 30.1 Å². The monoisotopic (exact) mass is 217 g/mol. The summed E-state index contributed by atoms with van der Waals surface area (Å²) in [6, 6.07) is 4.16.